The fourth-order valence-corrected chi connectivity index (χ4v) is 4.30. The number of hydrogen-bond acceptors (Lipinski definition) is 3. The van der Waals surface area contributed by atoms with E-state index in [9.17, 15) is 0 Å². The van der Waals surface area contributed by atoms with Crippen molar-refractivity contribution >= 4 is 0 Å². The van der Waals surface area contributed by atoms with Gasteiger partial charge >= 0.3 is 0 Å². The highest BCUT2D eigenvalue weighted by atomic mass is 16.5. The first kappa shape index (κ1) is 13.8. The van der Waals surface area contributed by atoms with Crippen molar-refractivity contribution in [1.29, 1.82) is 0 Å². The Kier molecular flexibility index (Phi) is 3.89. The number of rotatable bonds is 5. The van der Waals surface area contributed by atoms with E-state index >= 15 is 0 Å². The number of methoxy groups -OCH3 is 1. The largest absolute Gasteiger partial charge is 0.378 e. The average Bonchev–Trinajstić information content (AvgIpc) is 2.37. The van der Waals surface area contributed by atoms with Crippen LogP contribution in [0.3, 0.4) is 0 Å². The molecule has 1 N–H and O–H groups in total. The molecule has 1 spiro atoms. The first-order valence-corrected chi connectivity index (χ1v) is 8.07. The fourth-order valence-electron chi connectivity index (χ4n) is 4.30. The normalized spacial score (nSPS) is 33.5. The van der Waals surface area contributed by atoms with Gasteiger partial charge in [0, 0.05) is 19.8 Å². The second-order valence-electron chi connectivity index (χ2n) is 6.98. The lowest BCUT2D eigenvalue weighted by Gasteiger charge is -2.50. The summed E-state index contributed by atoms with van der Waals surface area (Å²) in [6.07, 6.45) is 11.4. The van der Waals surface area contributed by atoms with Crippen LogP contribution in [0.15, 0.2) is 0 Å². The Hall–Kier alpha value is -0.120. The van der Waals surface area contributed by atoms with E-state index in [4.69, 9.17) is 9.47 Å². The molecule has 110 valence electrons. The van der Waals surface area contributed by atoms with Crippen molar-refractivity contribution in [2.75, 3.05) is 20.8 Å². The third-order valence-corrected chi connectivity index (χ3v) is 6.03. The van der Waals surface area contributed by atoms with Crippen molar-refractivity contribution in [2.45, 2.75) is 75.0 Å². The lowest BCUT2D eigenvalue weighted by Crippen LogP contribution is -2.53. The van der Waals surface area contributed by atoms with Gasteiger partial charge in [0.1, 0.15) is 0 Å². The van der Waals surface area contributed by atoms with Crippen molar-refractivity contribution in [2.24, 2.45) is 5.92 Å². The highest BCUT2D eigenvalue weighted by molar-refractivity contribution is 5.00. The summed E-state index contributed by atoms with van der Waals surface area (Å²) in [4.78, 5) is 0. The van der Waals surface area contributed by atoms with Gasteiger partial charge in [-0.3, -0.25) is 0 Å². The van der Waals surface area contributed by atoms with Crippen molar-refractivity contribution in [1.82, 2.24) is 5.32 Å². The second kappa shape index (κ2) is 5.34. The van der Waals surface area contributed by atoms with Gasteiger partial charge in [-0.05, 0) is 70.8 Å². The van der Waals surface area contributed by atoms with Crippen molar-refractivity contribution in [3.63, 3.8) is 0 Å². The monoisotopic (exact) mass is 267 g/mol. The molecule has 3 rings (SSSR count). The molecule has 1 aliphatic heterocycles. The summed E-state index contributed by atoms with van der Waals surface area (Å²) >= 11 is 0. The Morgan fingerprint density at radius 2 is 2.00 bits per heavy atom. The maximum absolute atomic E-state index is 6.06. The molecule has 2 saturated carbocycles. The summed E-state index contributed by atoms with van der Waals surface area (Å²) in [5.74, 6) is 0.770. The SMILES string of the molecule is CNC(CC1(OC)CCC1)C1CCOC2(CCC2)C1. The minimum Gasteiger partial charge on any atom is -0.378 e. The first-order chi connectivity index (χ1) is 9.21. The minimum absolute atomic E-state index is 0.179. The Morgan fingerprint density at radius 3 is 2.47 bits per heavy atom. The summed E-state index contributed by atoms with van der Waals surface area (Å²) in [5.41, 5.74) is 0.441. The number of ether oxygens (including phenoxy) is 2. The van der Waals surface area contributed by atoms with Crippen LogP contribution in [0.25, 0.3) is 0 Å². The van der Waals surface area contributed by atoms with Gasteiger partial charge in [0.05, 0.1) is 11.2 Å². The van der Waals surface area contributed by atoms with E-state index in [1.807, 2.05) is 7.11 Å². The van der Waals surface area contributed by atoms with Crippen molar-refractivity contribution < 1.29 is 9.47 Å². The predicted octanol–water partition coefficient (Wildman–Crippen LogP) is 2.88. The van der Waals surface area contributed by atoms with Crippen LogP contribution in [0.5, 0.6) is 0 Å². The van der Waals surface area contributed by atoms with E-state index in [1.165, 1.54) is 57.8 Å². The Morgan fingerprint density at radius 1 is 1.26 bits per heavy atom. The van der Waals surface area contributed by atoms with Crippen LogP contribution < -0.4 is 5.32 Å². The van der Waals surface area contributed by atoms with Gasteiger partial charge in [0.15, 0.2) is 0 Å². The molecule has 0 bridgehead atoms. The number of hydrogen-bond donors (Lipinski definition) is 1. The molecular weight excluding hydrogens is 238 g/mol. The van der Waals surface area contributed by atoms with Crippen LogP contribution in [0.2, 0.25) is 0 Å². The summed E-state index contributed by atoms with van der Waals surface area (Å²) in [7, 11) is 4.01. The predicted molar refractivity (Wildman–Crippen MR) is 76.3 cm³/mol. The van der Waals surface area contributed by atoms with Gasteiger partial charge in [-0.15, -0.1) is 0 Å². The zero-order valence-corrected chi connectivity index (χ0v) is 12.5. The molecule has 0 radical (unpaired) electrons. The van der Waals surface area contributed by atoms with Crippen molar-refractivity contribution in [3.8, 4) is 0 Å². The van der Waals surface area contributed by atoms with Crippen LogP contribution in [0.4, 0.5) is 0 Å². The summed E-state index contributed by atoms with van der Waals surface area (Å²) in [6.45, 7) is 0.961. The smallest absolute Gasteiger partial charge is 0.0693 e. The lowest BCUT2D eigenvalue weighted by atomic mass is 9.67. The molecule has 19 heavy (non-hydrogen) atoms. The molecule has 2 unspecified atom stereocenters. The van der Waals surface area contributed by atoms with Crippen molar-refractivity contribution in [3.05, 3.63) is 0 Å². The molecule has 3 nitrogen and oxygen atoms in total. The Bertz CT molecular complexity index is 304. The van der Waals surface area contributed by atoms with E-state index in [0.717, 1.165) is 12.5 Å². The standard InChI is InChI=1S/C16H29NO2/c1-17-14(12-15(18-2)6-3-7-15)13-5-10-19-16(11-13)8-4-9-16/h13-14,17H,3-12H2,1-2H3. The maximum atomic E-state index is 6.06. The van der Waals surface area contributed by atoms with Gasteiger partial charge in [-0.25, -0.2) is 0 Å². The Balaban J connectivity index is 1.61. The summed E-state index contributed by atoms with van der Waals surface area (Å²) < 4.78 is 11.9. The quantitative estimate of drug-likeness (QED) is 0.831. The van der Waals surface area contributed by atoms with E-state index < -0.39 is 0 Å². The minimum atomic E-state index is 0.179. The zero-order valence-electron chi connectivity index (χ0n) is 12.5. The topological polar surface area (TPSA) is 30.5 Å². The third kappa shape index (κ3) is 2.57. The van der Waals surface area contributed by atoms with Crippen LogP contribution >= 0.6 is 0 Å². The average molecular weight is 267 g/mol. The molecule has 3 heteroatoms. The molecule has 0 aromatic rings. The molecule has 0 aromatic carbocycles. The molecule has 0 amide bonds. The highest BCUT2D eigenvalue weighted by Crippen LogP contribution is 2.47. The highest BCUT2D eigenvalue weighted by Gasteiger charge is 2.46. The molecule has 2 atom stereocenters. The van der Waals surface area contributed by atoms with Gasteiger partial charge in [0.25, 0.3) is 0 Å². The molecule has 3 fully saturated rings. The van der Waals surface area contributed by atoms with Crippen LogP contribution in [-0.2, 0) is 9.47 Å². The maximum Gasteiger partial charge on any atom is 0.0693 e. The molecule has 3 aliphatic rings. The van der Waals surface area contributed by atoms with Gasteiger partial charge in [-0.1, -0.05) is 0 Å². The molecule has 2 aliphatic carbocycles. The zero-order chi connectivity index (χ0) is 13.3. The van der Waals surface area contributed by atoms with Crippen LogP contribution in [0.1, 0.15) is 57.8 Å². The van der Waals surface area contributed by atoms with E-state index in [0.29, 0.717) is 6.04 Å². The van der Waals surface area contributed by atoms with Crippen LogP contribution in [-0.4, -0.2) is 38.0 Å². The number of nitrogens with one attached hydrogen (secondary N) is 1. The molecule has 1 saturated heterocycles. The van der Waals surface area contributed by atoms with Gasteiger partial charge in [-0.2, -0.15) is 0 Å². The van der Waals surface area contributed by atoms with E-state index in [2.05, 4.69) is 12.4 Å². The lowest BCUT2D eigenvalue weighted by molar-refractivity contribution is -0.152. The molecule has 0 aromatic heterocycles. The van der Waals surface area contributed by atoms with Gasteiger partial charge in [0.2, 0.25) is 0 Å². The fraction of sp³-hybridized carbons (Fsp3) is 1.00. The Labute approximate surface area is 117 Å². The van der Waals surface area contributed by atoms with E-state index in [1.54, 1.807) is 0 Å². The third-order valence-electron chi connectivity index (χ3n) is 6.03. The first-order valence-electron chi connectivity index (χ1n) is 8.07. The molecule has 1 heterocycles. The van der Waals surface area contributed by atoms with Gasteiger partial charge < -0.3 is 14.8 Å². The van der Waals surface area contributed by atoms with E-state index in [-0.39, 0.29) is 11.2 Å². The summed E-state index contributed by atoms with van der Waals surface area (Å²) in [5, 5.41) is 3.58. The summed E-state index contributed by atoms with van der Waals surface area (Å²) in [6, 6.07) is 0.599. The second-order valence-corrected chi connectivity index (χ2v) is 6.98. The van der Waals surface area contributed by atoms with Crippen LogP contribution in [0, 0.1) is 5.92 Å². The molecular formula is C16H29NO2.